The van der Waals surface area contributed by atoms with Crippen LogP contribution in [0.4, 0.5) is 0 Å². The molecule has 2 rings (SSSR count). The molecule has 5 heteroatoms. The zero-order valence-corrected chi connectivity index (χ0v) is 15.8. The molecule has 0 radical (unpaired) electrons. The van der Waals surface area contributed by atoms with E-state index in [0.29, 0.717) is 19.5 Å². The first kappa shape index (κ1) is 19.3. The maximum atomic E-state index is 12.0. The van der Waals surface area contributed by atoms with Gasteiger partial charge in [-0.3, -0.25) is 9.79 Å². The first-order valence-corrected chi connectivity index (χ1v) is 9.34. The van der Waals surface area contributed by atoms with Crippen LogP contribution in [0.2, 0.25) is 0 Å². The Balaban J connectivity index is 1.66. The van der Waals surface area contributed by atoms with Crippen molar-refractivity contribution in [1.29, 1.82) is 0 Å². The molecular formula is C20H32N4O. The molecule has 1 heterocycles. The number of guanidine groups is 1. The van der Waals surface area contributed by atoms with Crippen LogP contribution in [0.15, 0.2) is 35.3 Å². The molecule has 0 aromatic heterocycles. The maximum Gasteiger partial charge on any atom is 0.222 e. The zero-order valence-electron chi connectivity index (χ0n) is 15.8. The molecule has 2 N–H and O–H groups in total. The highest BCUT2D eigenvalue weighted by Gasteiger charge is 2.25. The van der Waals surface area contributed by atoms with E-state index in [-0.39, 0.29) is 5.91 Å². The van der Waals surface area contributed by atoms with Crippen molar-refractivity contribution in [2.45, 2.75) is 39.7 Å². The summed E-state index contributed by atoms with van der Waals surface area (Å²) >= 11 is 0. The molecule has 138 valence electrons. The van der Waals surface area contributed by atoms with Crippen LogP contribution in [0, 0.1) is 11.8 Å². The fourth-order valence-corrected chi connectivity index (χ4v) is 3.39. The van der Waals surface area contributed by atoms with Crippen LogP contribution in [-0.4, -0.2) is 43.4 Å². The highest BCUT2D eigenvalue weighted by Crippen LogP contribution is 2.23. The van der Waals surface area contributed by atoms with Crippen molar-refractivity contribution >= 4 is 11.9 Å². The number of benzene rings is 1. The first-order chi connectivity index (χ1) is 12.1. The molecule has 1 saturated heterocycles. The molecule has 5 nitrogen and oxygen atoms in total. The summed E-state index contributed by atoms with van der Waals surface area (Å²) in [5.41, 5.74) is 1.12. The quantitative estimate of drug-likeness (QED) is 0.590. The molecule has 0 spiro atoms. The summed E-state index contributed by atoms with van der Waals surface area (Å²) in [5, 5.41) is 6.29. The van der Waals surface area contributed by atoms with E-state index in [0.717, 1.165) is 36.4 Å². The van der Waals surface area contributed by atoms with Gasteiger partial charge in [0.2, 0.25) is 5.91 Å². The average Bonchev–Trinajstić information content (AvgIpc) is 3.05. The number of carbonyl (C=O) groups excluding carboxylic acids is 1. The molecular weight excluding hydrogens is 312 g/mol. The van der Waals surface area contributed by atoms with Gasteiger partial charge in [-0.2, -0.15) is 0 Å². The molecule has 0 bridgehead atoms. The SMILES string of the molecule is CN=C(NCCC(=O)NCc1ccccc1)N1CCC(CC(C)C)C1. The minimum absolute atomic E-state index is 0.0610. The van der Waals surface area contributed by atoms with E-state index >= 15 is 0 Å². The van der Waals surface area contributed by atoms with Crippen molar-refractivity contribution in [3.05, 3.63) is 35.9 Å². The third-order valence-electron chi connectivity index (χ3n) is 4.57. The van der Waals surface area contributed by atoms with Gasteiger partial charge in [0.25, 0.3) is 0 Å². The lowest BCUT2D eigenvalue weighted by atomic mass is 9.97. The Morgan fingerprint density at radius 3 is 2.72 bits per heavy atom. The van der Waals surface area contributed by atoms with Crippen LogP contribution >= 0.6 is 0 Å². The largest absolute Gasteiger partial charge is 0.356 e. The number of aliphatic imine (C=N–C) groups is 1. The Kier molecular flexibility index (Phi) is 7.76. The minimum Gasteiger partial charge on any atom is -0.356 e. The molecule has 1 aliphatic rings. The fourth-order valence-electron chi connectivity index (χ4n) is 3.39. The first-order valence-electron chi connectivity index (χ1n) is 9.34. The predicted octanol–water partition coefficient (Wildman–Crippen LogP) is 2.64. The van der Waals surface area contributed by atoms with Gasteiger partial charge in [0.05, 0.1) is 0 Å². The normalized spacial score (nSPS) is 17.8. The fraction of sp³-hybridized carbons (Fsp3) is 0.600. The van der Waals surface area contributed by atoms with E-state index in [1.807, 2.05) is 37.4 Å². The monoisotopic (exact) mass is 344 g/mol. The molecule has 1 atom stereocenters. The summed E-state index contributed by atoms with van der Waals surface area (Å²) in [6, 6.07) is 9.97. The summed E-state index contributed by atoms with van der Waals surface area (Å²) in [4.78, 5) is 18.7. The lowest BCUT2D eigenvalue weighted by Crippen LogP contribution is -2.41. The van der Waals surface area contributed by atoms with Gasteiger partial charge in [-0.1, -0.05) is 44.2 Å². The van der Waals surface area contributed by atoms with E-state index in [2.05, 4.69) is 34.4 Å². The summed E-state index contributed by atoms with van der Waals surface area (Å²) in [6.07, 6.45) is 2.96. The number of hydrogen-bond donors (Lipinski definition) is 2. The number of nitrogens with one attached hydrogen (secondary N) is 2. The standard InChI is InChI=1S/C20H32N4O/c1-16(2)13-18-10-12-24(15-18)20(21-3)22-11-9-19(25)23-14-17-7-5-4-6-8-17/h4-8,16,18H,9-15H2,1-3H3,(H,21,22)(H,23,25). The van der Waals surface area contributed by atoms with Crippen molar-refractivity contribution in [3.8, 4) is 0 Å². The molecule has 0 saturated carbocycles. The van der Waals surface area contributed by atoms with Gasteiger partial charge in [0, 0.05) is 39.6 Å². The summed E-state index contributed by atoms with van der Waals surface area (Å²) in [6.45, 7) is 7.87. The molecule has 1 fully saturated rings. The van der Waals surface area contributed by atoms with E-state index < -0.39 is 0 Å². The summed E-state index contributed by atoms with van der Waals surface area (Å²) < 4.78 is 0. The lowest BCUT2D eigenvalue weighted by Gasteiger charge is -2.22. The summed E-state index contributed by atoms with van der Waals surface area (Å²) in [7, 11) is 1.81. The maximum absolute atomic E-state index is 12.0. The van der Waals surface area contributed by atoms with E-state index in [1.54, 1.807) is 0 Å². The summed E-state index contributed by atoms with van der Waals surface area (Å²) in [5.74, 6) is 2.48. The van der Waals surface area contributed by atoms with Crippen molar-refractivity contribution in [2.75, 3.05) is 26.7 Å². The predicted molar refractivity (Wildman–Crippen MR) is 103 cm³/mol. The Morgan fingerprint density at radius 2 is 2.04 bits per heavy atom. The highest BCUT2D eigenvalue weighted by atomic mass is 16.1. The number of carbonyl (C=O) groups is 1. The van der Waals surface area contributed by atoms with Crippen LogP contribution in [0.5, 0.6) is 0 Å². The molecule has 1 aromatic rings. The molecule has 0 aliphatic carbocycles. The molecule has 1 aromatic carbocycles. The second-order valence-corrected chi connectivity index (χ2v) is 7.22. The molecule has 1 unspecified atom stereocenters. The Hall–Kier alpha value is -2.04. The average molecular weight is 345 g/mol. The number of rotatable bonds is 7. The van der Waals surface area contributed by atoms with Gasteiger partial charge >= 0.3 is 0 Å². The van der Waals surface area contributed by atoms with Gasteiger partial charge in [0.1, 0.15) is 0 Å². The van der Waals surface area contributed by atoms with Gasteiger partial charge in [0.15, 0.2) is 5.96 Å². The second-order valence-electron chi connectivity index (χ2n) is 7.22. The Labute approximate surface area is 151 Å². The minimum atomic E-state index is 0.0610. The highest BCUT2D eigenvalue weighted by molar-refractivity contribution is 5.81. The molecule has 25 heavy (non-hydrogen) atoms. The Morgan fingerprint density at radius 1 is 1.28 bits per heavy atom. The van der Waals surface area contributed by atoms with Gasteiger partial charge in [-0.05, 0) is 30.2 Å². The number of nitrogens with zero attached hydrogens (tertiary/aromatic N) is 2. The Bertz CT molecular complexity index is 556. The van der Waals surface area contributed by atoms with Crippen LogP contribution < -0.4 is 10.6 Å². The smallest absolute Gasteiger partial charge is 0.222 e. The molecule has 1 aliphatic heterocycles. The lowest BCUT2D eigenvalue weighted by molar-refractivity contribution is -0.121. The van der Waals surface area contributed by atoms with Gasteiger partial charge in [-0.25, -0.2) is 0 Å². The van der Waals surface area contributed by atoms with Gasteiger partial charge < -0.3 is 15.5 Å². The zero-order chi connectivity index (χ0) is 18.1. The van der Waals surface area contributed by atoms with Crippen LogP contribution in [0.1, 0.15) is 38.7 Å². The third kappa shape index (κ3) is 6.77. The van der Waals surface area contributed by atoms with E-state index in [9.17, 15) is 4.79 Å². The van der Waals surface area contributed by atoms with Crippen molar-refractivity contribution in [1.82, 2.24) is 15.5 Å². The van der Waals surface area contributed by atoms with E-state index in [4.69, 9.17) is 0 Å². The second kappa shape index (κ2) is 10.1. The van der Waals surface area contributed by atoms with Crippen LogP contribution in [0.25, 0.3) is 0 Å². The molecule has 1 amide bonds. The van der Waals surface area contributed by atoms with Crippen LogP contribution in [0.3, 0.4) is 0 Å². The van der Waals surface area contributed by atoms with Gasteiger partial charge in [-0.15, -0.1) is 0 Å². The van der Waals surface area contributed by atoms with Crippen molar-refractivity contribution < 1.29 is 4.79 Å². The number of likely N-dealkylation sites (tertiary alicyclic amines) is 1. The van der Waals surface area contributed by atoms with Crippen molar-refractivity contribution in [2.24, 2.45) is 16.8 Å². The number of hydrogen-bond acceptors (Lipinski definition) is 2. The third-order valence-corrected chi connectivity index (χ3v) is 4.57. The topological polar surface area (TPSA) is 56.7 Å². The van der Waals surface area contributed by atoms with Crippen molar-refractivity contribution in [3.63, 3.8) is 0 Å². The number of amides is 1. The van der Waals surface area contributed by atoms with E-state index in [1.165, 1.54) is 12.8 Å². The van der Waals surface area contributed by atoms with Crippen LogP contribution in [-0.2, 0) is 11.3 Å².